The Bertz CT molecular complexity index is 615. The van der Waals surface area contributed by atoms with Gasteiger partial charge in [0.2, 0.25) is 0 Å². The lowest BCUT2D eigenvalue weighted by atomic mass is 10.3. The predicted molar refractivity (Wildman–Crippen MR) is 101 cm³/mol. The summed E-state index contributed by atoms with van der Waals surface area (Å²) in [4.78, 5) is 12.0. The van der Waals surface area contributed by atoms with Gasteiger partial charge in [0.05, 0.1) is 6.10 Å². The lowest BCUT2D eigenvalue weighted by Gasteiger charge is -2.23. The molecular weight excluding hydrogens is 363 g/mol. The van der Waals surface area contributed by atoms with Gasteiger partial charge in [-0.2, -0.15) is 0 Å². The van der Waals surface area contributed by atoms with Crippen LogP contribution in [0.3, 0.4) is 0 Å². The third kappa shape index (κ3) is 8.81. The zero-order valence-electron chi connectivity index (χ0n) is 14.5. The molecule has 140 valence electrons. The number of carbonyl (C=O) groups is 1. The van der Waals surface area contributed by atoms with Gasteiger partial charge in [0.15, 0.2) is 5.96 Å². The van der Waals surface area contributed by atoms with Crippen LogP contribution in [0.15, 0.2) is 30.3 Å². The Morgan fingerprint density at radius 1 is 1.32 bits per heavy atom. The predicted octanol–water partition coefficient (Wildman–Crippen LogP) is 2.32. The van der Waals surface area contributed by atoms with Crippen LogP contribution in [-0.4, -0.2) is 36.4 Å². The molecule has 0 spiro atoms. The molecule has 2 atom stereocenters. The van der Waals surface area contributed by atoms with Gasteiger partial charge >= 0.3 is 12.7 Å². The van der Waals surface area contributed by atoms with Gasteiger partial charge in [-0.3, -0.25) is 10.2 Å². The first-order valence-corrected chi connectivity index (χ1v) is 11.0. The van der Waals surface area contributed by atoms with Gasteiger partial charge < -0.3 is 20.3 Å². The molecule has 0 saturated heterocycles. The molecule has 0 unspecified atom stereocenters. The van der Waals surface area contributed by atoms with Crippen LogP contribution >= 0.6 is 18.1 Å². The summed E-state index contributed by atoms with van der Waals surface area (Å²) in [5.41, 5.74) is 5.22. The topological polar surface area (TPSA) is 127 Å². The van der Waals surface area contributed by atoms with E-state index in [1.54, 1.807) is 45.0 Å². The molecule has 1 aromatic rings. The minimum absolute atomic E-state index is 0.166. The standard InChI is InChI=1S/C15H25N4O4PS/c1-11(2)22-14(20)12(3)19-24(21,25-10-9-18-15(16)17)23-13-7-5-4-6-8-13/h4-8,11-12H,9-10H2,1-3H3,(H,19,21)(H4,16,17,18)/t12-,24+/m0/s1. The van der Waals surface area contributed by atoms with Crippen LogP contribution in [0.4, 0.5) is 0 Å². The number of ether oxygens (including phenoxy) is 1. The molecular formula is C15H25N4O4PS. The van der Waals surface area contributed by atoms with E-state index >= 15 is 0 Å². The number of hydrogen-bond donors (Lipinski definition) is 4. The molecule has 8 nitrogen and oxygen atoms in total. The lowest BCUT2D eigenvalue weighted by molar-refractivity contribution is -0.148. The molecule has 1 rings (SSSR count). The fourth-order valence-electron chi connectivity index (χ4n) is 1.69. The SMILES string of the molecule is CC(C)OC(=O)[C@H](C)N[P@@](=O)(Oc1ccccc1)SCCNC(=N)N. The highest BCUT2D eigenvalue weighted by molar-refractivity contribution is 8.56. The average Bonchev–Trinajstić information content (AvgIpc) is 2.51. The first-order chi connectivity index (χ1) is 11.7. The Morgan fingerprint density at radius 2 is 1.96 bits per heavy atom. The van der Waals surface area contributed by atoms with Crippen molar-refractivity contribution in [1.82, 2.24) is 10.4 Å². The number of guanidine groups is 1. The zero-order valence-corrected chi connectivity index (χ0v) is 16.2. The van der Waals surface area contributed by atoms with E-state index in [1.165, 1.54) is 0 Å². The van der Waals surface area contributed by atoms with Gasteiger partial charge in [0, 0.05) is 12.3 Å². The van der Waals surface area contributed by atoms with E-state index < -0.39 is 18.7 Å². The van der Waals surface area contributed by atoms with Crippen molar-refractivity contribution in [3.05, 3.63) is 30.3 Å². The number of carbonyl (C=O) groups excluding carboxylic acids is 1. The average molecular weight is 388 g/mol. The Balaban J connectivity index is 2.77. The minimum Gasteiger partial charge on any atom is -0.462 e. The summed E-state index contributed by atoms with van der Waals surface area (Å²) in [6, 6.07) is 7.90. The Labute approximate surface area is 152 Å². The number of rotatable bonds is 10. The van der Waals surface area contributed by atoms with Gasteiger partial charge in [-0.1, -0.05) is 18.2 Å². The normalized spacial score (nSPS) is 14.4. The molecule has 5 N–H and O–H groups in total. The van der Waals surface area contributed by atoms with Crippen LogP contribution in [0.25, 0.3) is 0 Å². The Hall–Kier alpha value is -1.70. The number of para-hydroxylation sites is 1. The second-order valence-corrected chi connectivity index (χ2v) is 9.73. The van der Waals surface area contributed by atoms with E-state index in [0.717, 1.165) is 11.4 Å². The van der Waals surface area contributed by atoms with Crippen LogP contribution in [0, 0.1) is 5.41 Å². The van der Waals surface area contributed by atoms with Crippen LogP contribution < -0.4 is 20.7 Å². The van der Waals surface area contributed by atoms with E-state index in [0.29, 0.717) is 18.0 Å². The molecule has 10 heteroatoms. The summed E-state index contributed by atoms with van der Waals surface area (Å²) in [5, 5.41) is 12.5. The maximum atomic E-state index is 13.1. The quantitative estimate of drug-likeness (QED) is 0.158. The van der Waals surface area contributed by atoms with E-state index in [4.69, 9.17) is 20.4 Å². The van der Waals surface area contributed by atoms with Crippen LogP contribution in [0.5, 0.6) is 5.75 Å². The van der Waals surface area contributed by atoms with Gasteiger partial charge in [-0.05, 0) is 44.3 Å². The summed E-state index contributed by atoms with van der Waals surface area (Å²) in [6.45, 7) is 1.96. The van der Waals surface area contributed by atoms with E-state index in [1.807, 2.05) is 6.07 Å². The molecule has 0 heterocycles. The summed E-state index contributed by atoms with van der Waals surface area (Å²) < 4.78 is 23.9. The number of nitrogens with two attached hydrogens (primary N) is 1. The first-order valence-electron chi connectivity index (χ1n) is 7.77. The number of benzene rings is 1. The van der Waals surface area contributed by atoms with E-state index in [9.17, 15) is 9.36 Å². The first kappa shape index (κ1) is 21.3. The third-order valence-electron chi connectivity index (χ3n) is 2.70. The smallest absolute Gasteiger partial charge is 0.375 e. The van der Waals surface area contributed by atoms with E-state index in [-0.39, 0.29) is 12.1 Å². The molecule has 1 aromatic carbocycles. The number of hydrogen-bond acceptors (Lipinski definition) is 6. The van der Waals surface area contributed by atoms with Crippen molar-refractivity contribution in [1.29, 1.82) is 5.41 Å². The van der Waals surface area contributed by atoms with Gasteiger partial charge in [-0.25, -0.2) is 9.65 Å². The van der Waals surface area contributed by atoms with Gasteiger partial charge in [0.25, 0.3) is 0 Å². The highest BCUT2D eigenvalue weighted by Crippen LogP contribution is 2.55. The largest absolute Gasteiger partial charge is 0.462 e. The highest BCUT2D eigenvalue weighted by Gasteiger charge is 2.31. The monoisotopic (exact) mass is 388 g/mol. The molecule has 0 aliphatic rings. The maximum absolute atomic E-state index is 13.1. The molecule has 0 saturated carbocycles. The van der Waals surface area contributed by atoms with Crippen molar-refractivity contribution < 1.29 is 18.6 Å². The molecule has 0 aliphatic heterocycles. The van der Waals surface area contributed by atoms with Crippen molar-refractivity contribution in [2.24, 2.45) is 5.73 Å². The van der Waals surface area contributed by atoms with Gasteiger partial charge in [0.1, 0.15) is 11.8 Å². The van der Waals surface area contributed by atoms with Crippen molar-refractivity contribution >= 4 is 30.0 Å². The van der Waals surface area contributed by atoms with Gasteiger partial charge in [-0.15, -0.1) is 0 Å². The van der Waals surface area contributed by atoms with Crippen molar-refractivity contribution in [2.45, 2.75) is 32.9 Å². The lowest BCUT2D eigenvalue weighted by Crippen LogP contribution is -2.35. The molecule has 0 aromatic heterocycles. The molecule has 25 heavy (non-hydrogen) atoms. The fourth-order valence-corrected chi connectivity index (χ4v) is 5.39. The zero-order chi connectivity index (χ0) is 18.9. The number of nitrogens with one attached hydrogen (secondary N) is 3. The molecule has 0 bridgehead atoms. The fraction of sp³-hybridized carbons (Fsp3) is 0.467. The van der Waals surface area contributed by atoms with Crippen molar-refractivity contribution in [3.63, 3.8) is 0 Å². The summed E-state index contributed by atoms with van der Waals surface area (Å²) in [7, 11) is 0. The van der Waals surface area contributed by atoms with Crippen molar-refractivity contribution in [2.75, 3.05) is 12.3 Å². The van der Waals surface area contributed by atoms with E-state index in [2.05, 4.69) is 10.4 Å². The third-order valence-corrected chi connectivity index (χ3v) is 6.69. The molecule has 0 aliphatic carbocycles. The minimum atomic E-state index is -3.44. The summed E-state index contributed by atoms with van der Waals surface area (Å²) in [6.07, 6.45) is -0.265. The highest BCUT2D eigenvalue weighted by atomic mass is 32.7. The van der Waals surface area contributed by atoms with Crippen LogP contribution in [0.1, 0.15) is 20.8 Å². The number of esters is 1. The maximum Gasteiger partial charge on any atom is 0.375 e. The molecule has 0 amide bonds. The summed E-state index contributed by atoms with van der Waals surface area (Å²) >= 11 is 1.03. The summed E-state index contributed by atoms with van der Waals surface area (Å²) in [5.74, 6) is 0.119. The van der Waals surface area contributed by atoms with Crippen LogP contribution in [0.2, 0.25) is 0 Å². The second-order valence-electron chi connectivity index (χ2n) is 5.41. The van der Waals surface area contributed by atoms with Crippen LogP contribution in [-0.2, 0) is 14.1 Å². The second kappa shape index (κ2) is 10.3. The van der Waals surface area contributed by atoms with Crippen molar-refractivity contribution in [3.8, 4) is 5.75 Å². The Kier molecular flexibility index (Phi) is 8.82. The molecule has 0 fully saturated rings. The Morgan fingerprint density at radius 3 is 2.52 bits per heavy atom. The molecule has 0 radical (unpaired) electrons.